The molecule has 0 radical (unpaired) electrons. The Labute approximate surface area is 124 Å². The molecule has 0 heterocycles. The Morgan fingerprint density at radius 1 is 1.24 bits per heavy atom. The Kier molecular flexibility index (Phi) is 7.74. The maximum atomic E-state index is 11.4. The number of carbonyl (C=O) groups excluding carboxylic acids is 2. The summed E-state index contributed by atoms with van der Waals surface area (Å²) in [7, 11) is 1.58. The van der Waals surface area contributed by atoms with E-state index in [2.05, 4.69) is 22.8 Å². The Balaban J connectivity index is 2.33. The van der Waals surface area contributed by atoms with Crippen molar-refractivity contribution >= 4 is 18.0 Å². The van der Waals surface area contributed by atoms with Crippen LogP contribution in [0.3, 0.4) is 0 Å². The number of nitrogens with one attached hydrogen (secondary N) is 2. The van der Waals surface area contributed by atoms with Crippen LogP contribution in [0.4, 0.5) is 0 Å². The normalized spacial score (nSPS) is 10.6. The highest BCUT2D eigenvalue weighted by molar-refractivity contribution is 6.35. The van der Waals surface area contributed by atoms with Gasteiger partial charge >= 0.3 is 11.8 Å². The zero-order valence-corrected chi connectivity index (χ0v) is 12.4. The molecule has 0 unspecified atom stereocenters. The van der Waals surface area contributed by atoms with E-state index in [-0.39, 0.29) is 0 Å². The second kappa shape index (κ2) is 9.66. The molecule has 0 spiro atoms. The third-order valence-electron chi connectivity index (χ3n) is 2.78. The first-order valence-electron chi connectivity index (χ1n) is 6.86. The molecule has 0 fully saturated rings. The number of amides is 2. The maximum Gasteiger partial charge on any atom is 0.329 e. The molecule has 1 aromatic rings. The summed E-state index contributed by atoms with van der Waals surface area (Å²) in [6.07, 6.45) is 3.12. The number of nitrogens with zero attached hydrogens (tertiary/aromatic N) is 1. The first-order valence-corrected chi connectivity index (χ1v) is 6.86. The van der Waals surface area contributed by atoms with Gasteiger partial charge in [-0.3, -0.25) is 9.59 Å². The third kappa shape index (κ3) is 6.67. The summed E-state index contributed by atoms with van der Waals surface area (Å²) >= 11 is 0. The average molecular weight is 291 g/mol. The number of carbonyl (C=O) groups is 2. The summed E-state index contributed by atoms with van der Waals surface area (Å²) in [4.78, 5) is 22.8. The van der Waals surface area contributed by atoms with Gasteiger partial charge in [-0.15, -0.1) is 0 Å². The fourth-order valence-corrected chi connectivity index (χ4v) is 1.55. The molecule has 1 aromatic carbocycles. The van der Waals surface area contributed by atoms with Crippen LogP contribution < -0.4 is 10.7 Å². The Bertz CT molecular complexity index is 483. The molecule has 0 bridgehead atoms. The molecule has 6 nitrogen and oxygen atoms in total. The molecule has 0 saturated carbocycles. The van der Waals surface area contributed by atoms with Crippen molar-refractivity contribution in [3.63, 3.8) is 0 Å². The lowest BCUT2D eigenvalue weighted by atomic mass is 10.1. The summed E-state index contributed by atoms with van der Waals surface area (Å²) < 4.78 is 4.84. The highest BCUT2D eigenvalue weighted by atomic mass is 16.5. The molecular formula is C15H21N3O3. The lowest BCUT2D eigenvalue weighted by Gasteiger charge is -2.03. The molecule has 6 heteroatoms. The quantitative estimate of drug-likeness (QED) is 0.338. The van der Waals surface area contributed by atoms with Crippen LogP contribution in [0.1, 0.15) is 24.5 Å². The number of rotatable bonds is 7. The predicted molar refractivity (Wildman–Crippen MR) is 81.1 cm³/mol. The summed E-state index contributed by atoms with van der Waals surface area (Å²) in [5, 5.41) is 6.23. The van der Waals surface area contributed by atoms with Crippen molar-refractivity contribution in [3.8, 4) is 0 Å². The zero-order chi connectivity index (χ0) is 15.5. The van der Waals surface area contributed by atoms with E-state index < -0.39 is 11.8 Å². The summed E-state index contributed by atoms with van der Waals surface area (Å²) in [6.45, 7) is 3.00. The van der Waals surface area contributed by atoms with Gasteiger partial charge in [-0.05, 0) is 24.0 Å². The van der Waals surface area contributed by atoms with Crippen LogP contribution in [0.2, 0.25) is 0 Å². The molecule has 2 amide bonds. The van der Waals surface area contributed by atoms with Gasteiger partial charge in [0, 0.05) is 20.3 Å². The second-order valence-electron chi connectivity index (χ2n) is 4.40. The fraction of sp³-hybridized carbons (Fsp3) is 0.400. The van der Waals surface area contributed by atoms with E-state index in [1.165, 1.54) is 11.8 Å². The smallest absolute Gasteiger partial charge is 0.329 e. The first kappa shape index (κ1) is 16.8. The summed E-state index contributed by atoms with van der Waals surface area (Å²) in [6, 6.07) is 7.79. The number of hydrogen-bond donors (Lipinski definition) is 2. The topological polar surface area (TPSA) is 79.8 Å². The molecule has 0 aliphatic rings. The standard InChI is InChI=1S/C15H21N3O3/c1-3-12-5-7-13(8-6-12)11-17-18-15(20)14(19)16-9-4-10-21-2/h5-8,11H,3-4,9-10H2,1-2H3,(H,16,19)(H,18,20)/b17-11-. The number of hydrogen-bond acceptors (Lipinski definition) is 4. The van der Waals surface area contributed by atoms with Crippen molar-refractivity contribution in [2.45, 2.75) is 19.8 Å². The van der Waals surface area contributed by atoms with E-state index in [0.717, 1.165) is 12.0 Å². The second-order valence-corrected chi connectivity index (χ2v) is 4.40. The molecule has 2 N–H and O–H groups in total. The monoisotopic (exact) mass is 291 g/mol. The third-order valence-corrected chi connectivity index (χ3v) is 2.78. The van der Waals surface area contributed by atoms with E-state index in [1.807, 2.05) is 24.3 Å². The van der Waals surface area contributed by atoms with Crippen molar-refractivity contribution in [2.75, 3.05) is 20.3 Å². The molecule has 0 atom stereocenters. The van der Waals surface area contributed by atoms with Crippen molar-refractivity contribution < 1.29 is 14.3 Å². The SMILES string of the molecule is CCc1ccc(/C=N\NC(=O)C(=O)NCCCOC)cc1. The fourth-order valence-electron chi connectivity index (χ4n) is 1.55. The van der Waals surface area contributed by atoms with E-state index >= 15 is 0 Å². The lowest BCUT2D eigenvalue weighted by molar-refractivity contribution is -0.139. The Morgan fingerprint density at radius 3 is 2.57 bits per heavy atom. The number of aryl methyl sites for hydroxylation is 1. The number of hydrazone groups is 1. The van der Waals surface area contributed by atoms with Gasteiger partial charge in [0.25, 0.3) is 0 Å². The number of benzene rings is 1. The minimum atomic E-state index is -0.783. The Morgan fingerprint density at radius 2 is 1.95 bits per heavy atom. The van der Waals surface area contributed by atoms with Crippen LogP contribution in [0.5, 0.6) is 0 Å². The molecule has 1 rings (SSSR count). The van der Waals surface area contributed by atoms with Crippen molar-refractivity contribution in [3.05, 3.63) is 35.4 Å². The van der Waals surface area contributed by atoms with E-state index in [1.54, 1.807) is 7.11 Å². The van der Waals surface area contributed by atoms with Gasteiger partial charge < -0.3 is 10.1 Å². The minimum absolute atomic E-state index is 0.391. The molecule has 114 valence electrons. The molecule has 0 saturated heterocycles. The van der Waals surface area contributed by atoms with Crippen molar-refractivity contribution in [1.82, 2.24) is 10.7 Å². The van der Waals surface area contributed by atoms with Gasteiger partial charge in [-0.2, -0.15) is 5.10 Å². The van der Waals surface area contributed by atoms with Crippen molar-refractivity contribution in [1.29, 1.82) is 0 Å². The van der Waals surface area contributed by atoms with E-state index in [4.69, 9.17) is 4.74 Å². The summed E-state index contributed by atoms with van der Waals surface area (Å²) in [5.41, 5.74) is 4.27. The first-order chi connectivity index (χ1) is 10.2. The van der Waals surface area contributed by atoms with Gasteiger partial charge in [-0.25, -0.2) is 5.43 Å². The molecule has 0 aromatic heterocycles. The maximum absolute atomic E-state index is 11.4. The van der Waals surface area contributed by atoms with Gasteiger partial charge in [0.2, 0.25) is 0 Å². The molecule has 21 heavy (non-hydrogen) atoms. The molecule has 0 aliphatic carbocycles. The predicted octanol–water partition coefficient (Wildman–Crippen LogP) is 0.852. The highest BCUT2D eigenvalue weighted by Gasteiger charge is 2.10. The van der Waals surface area contributed by atoms with Crippen LogP contribution in [0, 0.1) is 0 Å². The van der Waals surface area contributed by atoms with Crippen LogP contribution in [0.25, 0.3) is 0 Å². The van der Waals surface area contributed by atoms with Gasteiger partial charge in [-0.1, -0.05) is 31.2 Å². The van der Waals surface area contributed by atoms with Gasteiger partial charge in [0.1, 0.15) is 0 Å². The van der Waals surface area contributed by atoms with E-state index in [9.17, 15) is 9.59 Å². The van der Waals surface area contributed by atoms with E-state index in [0.29, 0.717) is 19.6 Å². The van der Waals surface area contributed by atoms with Crippen molar-refractivity contribution in [2.24, 2.45) is 5.10 Å². The highest BCUT2D eigenvalue weighted by Crippen LogP contribution is 2.02. The van der Waals surface area contributed by atoms with Crippen LogP contribution in [-0.4, -0.2) is 38.3 Å². The van der Waals surface area contributed by atoms with Crippen LogP contribution in [-0.2, 0) is 20.7 Å². The number of methoxy groups -OCH3 is 1. The zero-order valence-electron chi connectivity index (χ0n) is 12.4. The molecular weight excluding hydrogens is 270 g/mol. The largest absolute Gasteiger partial charge is 0.385 e. The minimum Gasteiger partial charge on any atom is -0.385 e. The van der Waals surface area contributed by atoms with Crippen LogP contribution >= 0.6 is 0 Å². The lowest BCUT2D eigenvalue weighted by Crippen LogP contribution is -2.38. The van der Waals surface area contributed by atoms with Gasteiger partial charge in [0.15, 0.2) is 0 Å². The Hall–Kier alpha value is -2.21. The van der Waals surface area contributed by atoms with Crippen LogP contribution in [0.15, 0.2) is 29.4 Å². The average Bonchev–Trinajstić information content (AvgIpc) is 2.52. The molecule has 0 aliphatic heterocycles. The van der Waals surface area contributed by atoms with Gasteiger partial charge in [0.05, 0.1) is 6.21 Å². The summed E-state index contributed by atoms with van der Waals surface area (Å²) in [5.74, 6) is -1.49. The number of ether oxygens (including phenoxy) is 1.